The third-order valence-electron chi connectivity index (χ3n) is 7.96. The molecule has 1 atom stereocenters. The van der Waals surface area contributed by atoms with E-state index in [1.165, 1.54) is 27.8 Å². The minimum atomic E-state index is -0.231. The number of nitrogens with one attached hydrogen (secondary N) is 1. The summed E-state index contributed by atoms with van der Waals surface area (Å²) in [6, 6.07) is 24.2. The summed E-state index contributed by atoms with van der Waals surface area (Å²) in [6.45, 7) is 22.9. The van der Waals surface area contributed by atoms with Crippen molar-refractivity contribution in [3.05, 3.63) is 204 Å². The Morgan fingerprint density at radius 2 is 1.45 bits per heavy atom. The summed E-state index contributed by atoms with van der Waals surface area (Å²) >= 11 is 0. The number of nitrogen functional groups attached to an aromatic ring is 1. The van der Waals surface area contributed by atoms with Gasteiger partial charge in [-0.3, -0.25) is 5.84 Å². The molecule has 0 saturated carbocycles. The van der Waals surface area contributed by atoms with Crippen LogP contribution in [0, 0.1) is 13.8 Å². The highest BCUT2D eigenvalue weighted by Gasteiger charge is 2.23. The van der Waals surface area contributed by atoms with Crippen molar-refractivity contribution in [2.45, 2.75) is 61.1 Å². The molecular weight excluding hydrogens is 621 g/mol. The number of benzene rings is 3. The number of hydrogen-bond donors (Lipinski definition) is 3. The van der Waals surface area contributed by atoms with Gasteiger partial charge in [0.2, 0.25) is 0 Å². The van der Waals surface area contributed by atoms with Crippen molar-refractivity contribution in [1.29, 1.82) is 0 Å². The molecule has 51 heavy (non-hydrogen) atoms. The van der Waals surface area contributed by atoms with E-state index in [9.17, 15) is 0 Å². The molecule has 0 saturated heterocycles. The number of allylic oxidation sites excluding steroid dienone is 15. The molecule has 3 aromatic rings. The predicted octanol–water partition coefficient (Wildman–Crippen LogP) is 11.9. The second-order valence-electron chi connectivity index (χ2n) is 11.8. The standard InChI is InChI=1S/C32H37N3.C7H8.C6H7N.C2H6/c1-7-14-27(8-2)32(34-33)35-20-13-12-16-24(4)30-22-29(26(6)21-31(30)35)28-17-11-9-10-15-23(3)18-19-25(28)5;1-7-5-3-2-4-6-7;7-6-4-2-1-3-5-6;1-2/h7-8,10-22,32,34H,3-4,9,33H2,1-2,5-6H3;2-6H,1H3;1-5H,7H2;1-2H3/b14-7-,15-10-,16-12-,17-11?,19-18-,20-13-,27-8+,28-25+;;;. The average molecular weight is 679 g/mol. The van der Waals surface area contributed by atoms with Crippen LogP contribution in [0.3, 0.4) is 0 Å². The number of hydrogen-bond acceptors (Lipinski definition) is 4. The van der Waals surface area contributed by atoms with Crippen molar-refractivity contribution in [1.82, 2.24) is 5.43 Å². The Morgan fingerprint density at radius 1 is 0.804 bits per heavy atom. The molecule has 1 aliphatic heterocycles. The first-order chi connectivity index (χ1) is 24.7. The number of fused-ring (bicyclic) bond motifs is 1. The second kappa shape index (κ2) is 23.1. The molecule has 5 rings (SSSR count). The van der Waals surface area contributed by atoms with Gasteiger partial charge in [-0.05, 0) is 110 Å². The summed E-state index contributed by atoms with van der Waals surface area (Å²) in [5.74, 6) is 6.09. The molecule has 0 bridgehead atoms. The second-order valence-corrected chi connectivity index (χ2v) is 11.8. The van der Waals surface area contributed by atoms with Crippen LogP contribution in [0.2, 0.25) is 0 Å². The molecule has 2 aliphatic rings. The van der Waals surface area contributed by atoms with Crippen molar-refractivity contribution >= 4 is 22.5 Å². The Labute approximate surface area is 308 Å². The predicted molar refractivity (Wildman–Crippen MR) is 228 cm³/mol. The van der Waals surface area contributed by atoms with E-state index in [2.05, 4.69) is 129 Å². The van der Waals surface area contributed by atoms with Crippen LogP contribution in [0.15, 0.2) is 182 Å². The molecule has 1 aliphatic carbocycles. The lowest BCUT2D eigenvalue weighted by molar-refractivity contribution is 0.604. The third-order valence-corrected chi connectivity index (χ3v) is 7.96. The van der Waals surface area contributed by atoms with E-state index in [1.54, 1.807) is 0 Å². The van der Waals surface area contributed by atoms with E-state index in [-0.39, 0.29) is 6.17 Å². The smallest absolute Gasteiger partial charge is 0.122 e. The number of aryl methyl sites for hydroxylation is 2. The lowest BCUT2D eigenvalue weighted by Crippen LogP contribution is -2.48. The molecule has 0 spiro atoms. The third kappa shape index (κ3) is 13.4. The van der Waals surface area contributed by atoms with Gasteiger partial charge in [-0.15, -0.1) is 0 Å². The highest BCUT2D eigenvalue weighted by atomic mass is 15.4. The van der Waals surface area contributed by atoms with Gasteiger partial charge >= 0.3 is 0 Å². The van der Waals surface area contributed by atoms with Crippen molar-refractivity contribution in [3.63, 3.8) is 0 Å². The number of hydrazine groups is 1. The van der Waals surface area contributed by atoms with Gasteiger partial charge in [0, 0.05) is 17.5 Å². The van der Waals surface area contributed by atoms with Gasteiger partial charge in [-0.1, -0.05) is 148 Å². The summed E-state index contributed by atoms with van der Waals surface area (Å²) in [6.07, 6.45) is 27.8. The van der Waals surface area contributed by atoms with Crippen LogP contribution in [-0.2, 0) is 0 Å². The van der Waals surface area contributed by atoms with E-state index >= 15 is 0 Å². The summed E-state index contributed by atoms with van der Waals surface area (Å²) in [5, 5.41) is 0. The van der Waals surface area contributed by atoms with Gasteiger partial charge in [-0.2, -0.15) is 0 Å². The number of para-hydroxylation sites is 1. The number of rotatable bonds is 5. The molecule has 0 fully saturated rings. The number of anilines is 2. The fourth-order valence-electron chi connectivity index (χ4n) is 5.32. The maximum atomic E-state index is 6.09. The molecule has 4 nitrogen and oxygen atoms in total. The zero-order valence-corrected chi connectivity index (χ0v) is 31.7. The van der Waals surface area contributed by atoms with Crippen LogP contribution in [0.25, 0.3) is 11.1 Å². The lowest BCUT2D eigenvalue weighted by atomic mass is 9.89. The first kappa shape index (κ1) is 41.7. The molecule has 4 heteroatoms. The van der Waals surface area contributed by atoms with E-state index in [1.807, 2.05) is 94.5 Å². The minimum absolute atomic E-state index is 0.231. The molecule has 1 heterocycles. The van der Waals surface area contributed by atoms with E-state index < -0.39 is 0 Å². The minimum Gasteiger partial charge on any atom is -0.399 e. The molecule has 0 amide bonds. The molecule has 0 aromatic heterocycles. The van der Waals surface area contributed by atoms with Gasteiger partial charge in [0.25, 0.3) is 0 Å². The van der Waals surface area contributed by atoms with E-state index in [0.717, 1.165) is 40.1 Å². The van der Waals surface area contributed by atoms with Crippen molar-refractivity contribution in [2.75, 3.05) is 10.6 Å². The molecule has 0 radical (unpaired) electrons. The largest absolute Gasteiger partial charge is 0.399 e. The maximum Gasteiger partial charge on any atom is 0.122 e. The summed E-state index contributed by atoms with van der Waals surface area (Å²) in [4.78, 5) is 2.18. The fraction of sp³-hybridized carbons (Fsp3) is 0.191. The van der Waals surface area contributed by atoms with Crippen LogP contribution >= 0.6 is 0 Å². The molecular formula is C47H58N4. The average Bonchev–Trinajstić information content (AvgIpc) is 3.14. The van der Waals surface area contributed by atoms with Crippen molar-refractivity contribution < 1.29 is 0 Å². The Bertz CT molecular complexity index is 1760. The summed E-state index contributed by atoms with van der Waals surface area (Å²) in [7, 11) is 0. The molecule has 266 valence electrons. The highest BCUT2D eigenvalue weighted by molar-refractivity contribution is 5.89. The fourth-order valence-corrected chi connectivity index (χ4v) is 5.32. The summed E-state index contributed by atoms with van der Waals surface area (Å²) in [5.41, 5.74) is 20.4. The van der Waals surface area contributed by atoms with Crippen molar-refractivity contribution in [3.8, 4) is 0 Å². The van der Waals surface area contributed by atoms with Crippen LogP contribution in [-0.4, -0.2) is 6.17 Å². The van der Waals surface area contributed by atoms with Crippen LogP contribution in [0.1, 0.15) is 63.3 Å². The number of nitrogens with two attached hydrogens (primary N) is 2. The molecule has 5 N–H and O–H groups in total. The highest BCUT2D eigenvalue weighted by Crippen LogP contribution is 2.37. The Morgan fingerprint density at radius 3 is 2.00 bits per heavy atom. The lowest BCUT2D eigenvalue weighted by Gasteiger charge is -2.34. The van der Waals surface area contributed by atoms with Crippen LogP contribution < -0.4 is 21.9 Å². The normalized spacial score (nSPS) is 18.6. The molecule has 3 aromatic carbocycles. The quantitative estimate of drug-likeness (QED) is 0.109. The van der Waals surface area contributed by atoms with Gasteiger partial charge in [0.15, 0.2) is 0 Å². The maximum absolute atomic E-state index is 6.09. The van der Waals surface area contributed by atoms with Crippen LogP contribution in [0.5, 0.6) is 0 Å². The first-order valence-electron chi connectivity index (χ1n) is 17.7. The Hall–Kier alpha value is -5.42. The first-order valence-corrected chi connectivity index (χ1v) is 17.7. The van der Waals surface area contributed by atoms with E-state index in [0.29, 0.717) is 0 Å². The summed E-state index contributed by atoms with van der Waals surface area (Å²) < 4.78 is 0. The zero-order chi connectivity index (χ0) is 37.6. The molecule has 1 unspecified atom stereocenters. The Kier molecular flexibility index (Phi) is 18.9. The van der Waals surface area contributed by atoms with Crippen LogP contribution in [0.4, 0.5) is 11.4 Å². The monoisotopic (exact) mass is 678 g/mol. The topological polar surface area (TPSA) is 67.3 Å². The SMILES string of the molecule is C=C1/C=C\CC=C/C(c2cc3c(cc2C)N(C(NN)C(/C=C\C)=C/C)/C=C\C=C/C3=C)=C(C)\C=C/1.CC.Cc1ccccc1.Nc1ccccc1. The van der Waals surface area contributed by atoms with E-state index in [4.69, 9.17) is 11.6 Å². The Balaban J connectivity index is 0.000000460. The van der Waals surface area contributed by atoms with Crippen molar-refractivity contribution in [2.24, 2.45) is 5.84 Å². The zero-order valence-electron chi connectivity index (χ0n) is 31.7. The number of nitrogens with zero attached hydrogens (tertiary/aromatic N) is 1. The van der Waals surface area contributed by atoms with Gasteiger partial charge < -0.3 is 10.6 Å². The van der Waals surface area contributed by atoms with Gasteiger partial charge in [0.05, 0.1) is 5.69 Å². The van der Waals surface area contributed by atoms with Gasteiger partial charge in [-0.25, -0.2) is 5.43 Å². The van der Waals surface area contributed by atoms with Gasteiger partial charge in [0.1, 0.15) is 6.17 Å².